The van der Waals surface area contributed by atoms with Gasteiger partial charge in [-0.1, -0.05) is 54.6 Å². The third-order valence-corrected chi connectivity index (χ3v) is 4.94. The van der Waals surface area contributed by atoms with Crippen LogP contribution < -0.4 is 4.72 Å². The minimum absolute atomic E-state index is 0.0842. The summed E-state index contributed by atoms with van der Waals surface area (Å²) in [5.74, 6) is -0.635. The summed E-state index contributed by atoms with van der Waals surface area (Å²) in [6.45, 7) is -0.103. The van der Waals surface area contributed by atoms with E-state index in [0.717, 1.165) is 4.31 Å². The lowest BCUT2D eigenvalue weighted by molar-refractivity contribution is -0.118. The Kier molecular flexibility index (Phi) is 3.97. The highest BCUT2D eigenvalue weighted by Gasteiger charge is 2.33. The quantitative estimate of drug-likeness (QED) is 0.851. The Hall–Kier alpha value is -2.51. The lowest BCUT2D eigenvalue weighted by Gasteiger charge is -2.12. The van der Waals surface area contributed by atoms with Gasteiger partial charge in [-0.3, -0.25) is 9.59 Å². The van der Waals surface area contributed by atoms with Gasteiger partial charge in [-0.05, 0) is 5.56 Å². The monoisotopic (exact) mass is 330 g/mol. The molecule has 0 atom stereocenters. The molecule has 23 heavy (non-hydrogen) atoms. The van der Waals surface area contributed by atoms with Crippen LogP contribution in [0, 0.1) is 0 Å². The van der Waals surface area contributed by atoms with Crippen molar-refractivity contribution in [2.45, 2.75) is 6.54 Å². The van der Waals surface area contributed by atoms with Gasteiger partial charge in [0, 0.05) is 17.7 Å². The minimum atomic E-state index is -3.74. The first-order chi connectivity index (χ1) is 11.0. The van der Waals surface area contributed by atoms with Crippen molar-refractivity contribution >= 4 is 21.9 Å². The average molecular weight is 330 g/mol. The SMILES string of the molecule is O=C1CN(Cc2ccc(C(=O)c3ccccc3)cc2)S(=O)(=O)N1. The lowest BCUT2D eigenvalue weighted by Crippen LogP contribution is -2.29. The zero-order chi connectivity index (χ0) is 16.4. The number of hydrogen-bond acceptors (Lipinski definition) is 4. The first-order valence-corrected chi connectivity index (χ1v) is 8.39. The van der Waals surface area contributed by atoms with E-state index >= 15 is 0 Å². The fourth-order valence-electron chi connectivity index (χ4n) is 2.35. The van der Waals surface area contributed by atoms with Crippen LogP contribution in [0.15, 0.2) is 54.6 Å². The molecule has 0 saturated carbocycles. The maximum Gasteiger partial charge on any atom is 0.304 e. The van der Waals surface area contributed by atoms with E-state index < -0.39 is 16.1 Å². The van der Waals surface area contributed by atoms with Crippen LogP contribution in [-0.4, -0.2) is 31.0 Å². The van der Waals surface area contributed by atoms with Crippen molar-refractivity contribution in [2.24, 2.45) is 0 Å². The Labute approximate surface area is 133 Å². The molecule has 0 aliphatic carbocycles. The van der Waals surface area contributed by atoms with Gasteiger partial charge in [0.25, 0.3) is 0 Å². The Morgan fingerprint density at radius 2 is 1.61 bits per heavy atom. The van der Waals surface area contributed by atoms with E-state index in [1.54, 1.807) is 48.5 Å². The maximum atomic E-state index is 12.3. The summed E-state index contributed by atoms with van der Waals surface area (Å²) in [5, 5.41) is 0. The van der Waals surface area contributed by atoms with E-state index in [9.17, 15) is 18.0 Å². The molecule has 3 rings (SSSR count). The topological polar surface area (TPSA) is 83.6 Å². The second-order valence-electron chi connectivity index (χ2n) is 5.19. The van der Waals surface area contributed by atoms with Crippen LogP contribution in [0.25, 0.3) is 0 Å². The van der Waals surface area contributed by atoms with Gasteiger partial charge in [-0.15, -0.1) is 0 Å². The second kappa shape index (κ2) is 5.94. The molecule has 0 aromatic heterocycles. The average Bonchev–Trinajstić information content (AvgIpc) is 2.80. The molecule has 0 unspecified atom stereocenters. The largest absolute Gasteiger partial charge is 0.304 e. The van der Waals surface area contributed by atoms with Crippen LogP contribution >= 0.6 is 0 Å². The van der Waals surface area contributed by atoms with Crippen LogP contribution in [0.3, 0.4) is 0 Å². The van der Waals surface area contributed by atoms with E-state index in [0.29, 0.717) is 16.7 Å². The molecular weight excluding hydrogens is 316 g/mol. The van der Waals surface area contributed by atoms with Gasteiger partial charge in [0.2, 0.25) is 5.91 Å². The lowest BCUT2D eigenvalue weighted by atomic mass is 10.0. The van der Waals surface area contributed by atoms with E-state index in [4.69, 9.17) is 0 Å². The summed E-state index contributed by atoms with van der Waals surface area (Å²) in [6.07, 6.45) is 0. The van der Waals surface area contributed by atoms with Gasteiger partial charge in [0.05, 0.1) is 6.54 Å². The van der Waals surface area contributed by atoms with Gasteiger partial charge in [-0.25, -0.2) is 4.72 Å². The van der Waals surface area contributed by atoms with Crippen LogP contribution in [0.2, 0.25) is 0 Å². The Morgan fingerprint density at radius 1 is 1.00 bits per heavy atom. The normalized spacial score (nSPS) is 17.0. The van der Waals surface area contributed by atoms with Crippen LogP contribution in [0.4, 0.5) is 0 Å². The zero-order valence-electron chi connectivity index (χ0n) is 12.1. The van der Waals surface area contributed by atoms with Crippen molar-refractivity contribution in [3.05, 3.63) is 71.3 Å². The molecule has 7 heteroatoms. The molecule has 1 N–H and O–H groups in total. The van der Waals surface area contributed by atoms with Crippen LogP contribution in [0.1, 0.15) is 21.5 Å². The fraction of sp³-hybridized carbons (Fsp3) is 0.125. The number of carbonyl (C=O) groups is 2. The molecule has 0 radical (unpaired) electrons. The highest BCUT2D eigenvalue weighted by molar-refractivity contribution is 7.88. The summed E-state index contributed by atoms with van der Waals surface area (Å²) < 4.78 is 26.3. The molecule has 1 heterocycles. The number of nitrogens with one attached hydrogen (secondary N) is 1. The molecule has 1 aliphatic heterocycles. The minimum Gasteiger partial charge on any atom is -0.289 e. The van der Waals surface area contributed by atoms with Crippen molar-refractivity contribution < 1.29 is 18.0 Å². The summed E-state index contributed by atoms with van der Waals surface area (Å²) in [5.41, 5.74) is 1.82. The number of carbonyl (C=O) groups excluding carboxylic acids is 2. The first-order valence-electron chi connectivity index (χ1n) is 6.95. The maximum absolute atomic E-state index is 12.3. The van der Waals surface area contributed by atoms with Crippen LogP contribution in [0.5, 0.6) is 0 Å². The molecule has 1 amide bonds. The van der Waals surface area contributed by atoms with E-state index in [1.165, 1.54) is 0 Å². The van der Waals surface area contributed by atoms with Gasteiger partial charge in [0.15, 0.2) is 5.78 Å². The predicted molar refractivity (Wildman–Crippen MR) is 83.8 cm³/mol. The summed E-state index contributed by atoms with van der Waals surface area (Å²) in [7, 11) is -3.74. The summed E-state index contributed by atoms with van der Waals surface area (Å²) in [4.78, 5) is 23.5. The number of amides is 1. The molecule has 118 valence electrons. The molecule has 2 aromatic rings. The van der Waals surface area contributed by atoms with Gasteiger partial charge in [0.1, 0.15) is 0 Å². The third-order valence-electron chi connectivity index (χ3n) is 3.51. The number of hydrogen-bond donors (Lipinski definition) is 1. The smallest absolute Gasteiger partial charge is 0.289 e. The van der Waals surface area contributed by atoms with Crippen LogP contribution in [-0.2, 0) is 21.5 Å². The van der Waals surface area contributed by atoms with Crippen molar-refractivity contribution in [1.82, 2.24) is 9.03 Å². The van der Waals surface area contributed by atoms with Crippen molar-refractivity contribution in [2.75, 3.05) is 6.54 Å². The number of benzene rings is 2. The van der Waals surface area contributed by atoms with Crippen molar-refractivity contribution in [3.63, 3.8) is 0 Å². The second-order valence-corrected chi connectivity index (χ2v) is 6.86. The molecule has 6 nitrogen and oxygen atoms in total. The summed E-state index contributed by atoms with van der Waals surface area (Å²) in [6, 6.07) is 15.6. The van der Waals surface area contributed by atoms with Crippen molar-refractivity contribution in [3.8, 4) is 0 Å². The standard InChI is InChI=1S/C16H14N2O4S/c19-15-11-18(23(21,22)17-15)10-12-6-8-14(9-7-12)16(20)13-4-2-1-3-5-13/h1-9H,10-11H2,(H,17,19). The van der Waals surface area contributed by atoms with E-state index in [1.807, 2.05) is 10.8 Å². The predicted octanol–water partition coefficient (Wildman–Crippen LogP) is 1.09. The van der Waals surface area contributed by atoms with Crippen molar-refractivity contribution in [1.29, 1.82) is 0 Å². The fourth-order valence-corrected chi connectivity index (χ4v) is 3.44. The first kappa shape index (κ1) is 15.4. The molecular formula is C16H14N2O4S. The highest BCUT2D eigenvalue weighted by Crippen LogP contribution is 2.15. The molecule has 0 spiro atoms. The molecule has 1 aliphatic rings. The molecule has 1 fully saturated rings. The number of ketones is 1. The number of rotatable bonds is 4. The number of nitrogens with zero attached hydrogens (tertiary/aromatic N) is 1. The molecule has 1 saturated heterocycles. The van der Waals surface area contributed by atoms with Gasteiger partial charge >= 0.3 is 10.2 Å². The Balaban J connectivity index is 1.75. The molecule has 2 aromatic carbocycles. The van der Waals surface area contributed by atoms with Gasteiger partial charge < -0.3 is 0 Å². The third kappa shape index (κ3) is 3.30. The Morgan fingerprint density at radius 3 is 2.17 bits per heavy atom. The zero-order valence-corrected chi connectivity index (χ0v) is 12.9. The Bertz CT molecular complexity index is 845. The molecule has 0 bridgehead atoms. The van der Waals surface area contributed by atoms with Gasteiger partial charge in [-0.2, -0.15) is 12.7 Å². The van der Waals surface area contributed by atoms with E-state index in [2.05, 4.69) is 0 Å². The van der Waals surface area contributed by atoms with E-state index in [-0.39, 0.29) is 18.9 Å². The highest BCUT2D eigenvalue weighted by atomic mass is 32.2. The summed E-state index contributed by atoms with van der Waals surface area (Å²) >= 11 is 0.